The van der Waals surface area contributed by atoms with Crippen LogP contribution in [0.25, 0.3) is 0 Å². The summed E-state index contributed by atoms with van der Waals surface area (Å²) in [6.45, 7) is 7.66. The molecule has 2 saturated heterocycles. The Morgan fingerprint density at radius 1 is 0.833 bits per heavy atom. The minimum absolute atomic E-state index is 0.774. The van der Waals surface area contributed by atoms with E-state index in [-0.39, 0.29) is 0 Å². The molecule has 1 aromatic carbocycles. The lowest BCUT2D eigenvalue weighted by atomic mass is 10.0. The number of thiazole rings is 1. The van der Waals surface area contributed by atoms with Gasteiger partial charge in [0.25, 0.3) is 0 Å². The van der Waals surface area contributed by atoms with Crippen molar-refractivity contribution >= 4 is 17.7 Å². The number of nitrogens with two attached hydrogens (primary N) is 2. The number of nitrogens with zero attached hydrogens (tertiary/aromatic N) is 2. The molecule has 1 aromatic heterocycles. The number of carbonyl (C=O) groups excluding carboxylic acids is 1. The van der Waals surface area contributed by atoms with Crippen molar-refractivity contribution in [3.05, 3.63) is 52.0 Å². The molecule has 6 heteroatoms. The van der Waals surface area contributed by atoms with Crippen molar-refractivity contribution in [2.75, 3.05) is 33.2 Å². The first-order chi connectivity index (χ1) is 20.7. The number of aromatic nitrogens is 1. The summed E-state index contributed by atoms with van der Waals surface area (Å²) in [6, 6.07) is 12.0. The summed E-state index contributed by atoms with van der Waals surface area (Å²) < 4.78 is 0. The fraction of sp³-hybridized carbons (Fsp3) is 0.500. The van der Waals surface area contributed by atoms with Crippen LogP contribution in [0.1, 0.15) is 85.7 Å². The van der Waals surface area contributed by atoms with Crippen molar-refractivity contribution in [2.24, 2.45) is 0 Å². The lowest BCUT2D eigenvalue weighted by molar-refractivity contribution is -0.644. The lowest BCUT2D eigenvalue weighted by Crippen LogP contribution is -2.81. The van der Waals surface area contributed by atoms with E-state index in [9.17, 15) is 4.79 Å². The van der Waals surface area contributed by atoms with Crippen LogP contribution >= 0.6 is 11.3 Å². The van der Waals surface area contributed by atoms with E-state index in [2.05, 4.69) is 81.0 Å². The van der Waals surface area contributed by atoms with Crippen LogP contribution in [0.15, 0.2) is 36.4 Å². The summed E-state index contributed by atoms with van der Waals surface area (Å²) in [5, 5.41) is 5.85. The monoisotopic (exact) mass is 592 g/mol. The van der Waals surface area contributed by atoms with E-state index in [0.717, 1.165) is 32.0 Å². The molecule has 2 aromatic rings. The summed E-state index contributed by atoms with van der Waals surface area (Å²) in [4.78, 5) is 18.1. The van der Waals surface area contributed by atoms with Crippen molar-refractivity contribution in [2.45, 2.75) is 83.6 Å². The summed E-state index contributed by atoms with van der Waals surface area (Å²) in [5.41, 5.74) is 1.33. The number of likely N-dealkylation sites (tertiary alicyclic amines) is 1. The summed E-state index contributed by atoms with van der Waals surface area (Å²) in [5.74, 6) is 0.774. The molecule has 3 fully saturated rings. The molecule has 4 N–H and O–H groups in total. The van der Waals surface area contributed by atoms with Gasteiger partial charge < -0.3 is 15.5 Å². The first kappa shape index (κ1) is 42.9. The van der Waals surface area contributed by atoms with Gasteiger partial charge in [0.15, 0.2) is 0 Å². The number of piperidine rings is 1. The van der Waals surface area contributed by atoms with Crippen molar-refractivity contribution in [3.8, 4) is 51.4 Å². The third kappa shape index (κ3) is 23.2. The average molecular weight is 593 g/mol. The molecule has 5 nitrogen and oxygen atoms in total. The molecule has 1 saturated carbocycles. The van der Waals surface area contributed by atoms with Crippen LogP contribution in [0.4, 0.5) is 0 Å². The maximum absolute atomic E-state index is 10.1. The number of benzene rings is 1. The number of terminal acetylenes is 4. The minimum Gasteiger partial charge on any atom is -0.346 e. The molecule has 230 valence electrons. The normalized spacial score (nSPS) is 16.0. The summed E-state index contributed by atoms with van der Waals surface area (Å²) in [6.07, 6.45) is 47.0. The van der Waals surface area contributed by atoms with Gasteiger partial charge in [0, 0.05) is 30.3 Å². The van der Waals surface area contributed by atoms with E-state index in [1.807, 2.05) is 52.6 Å². The smallest absolute Gasteiger partial charge is 0.209 e. The quantitative estimate of drug-likeness (QED) is 0.394. The standard InChI is InChI=1S/C10H17N3S.C6H11NO.C6H12.C6H6.4C2H2/c1-7-13-9(6-11-2)10(14-7)8-3-4-12-5-8;8-6-7-4-2-1-3-5-7;2*1-2-4-6-5-3-1;4*1-2/h8,11-12H,3-6H2,1-2H3;6H,1-5H2;1-6H2;1-6H;4*1-2H/p+2/t8-;;;;;;;/m0......./s1. The molecule has 0 radical (unpaired) electrons. The molecule has 1 aliphatic carbocycles. The first-order valence-corrected chi connectivity index (χ1v) is 15.6. The van der Waals surface area contributed by atoms with Gasteiger partial charge >= 0.3 is 0 Å². The zero-order valence-corrected chi connectivity index (χ0v) is 27.0. The fourth-order valence-electron chi connectivity index (χ4n) is 4.61. The van der Waals surface area contributed by atoms with E-state index in [1.165, 1.54) is 88.0 Å². The highest BCUT2D eigenvalue weighted by Gasteiger charge is 2.25. The zero-order valence-electron chi connectivity index (χ0n) is 26.2. The Balaban J connectivity index is -0.000000470. The van der Waals surface area contributed by atoms with Gasteiger partial charge in [-0.25, -0.2) is 4.98 Å². The molecule has 5 rings (SSSR count). The van der Waals surface area contributed by atoms with Gasteiger partial charge in [0.1, 0.15) is 12.2 Å². The minimum atomic E-state index is 0.774. The van der Waals surface area contributed by atoms with Crippen LogP contribution < -0.4 is 10.6 Å². The van der Waals surface area contributed by atoms with Gasteiger partial charge in [0.2, 0.25) is 6.41 Å². The van der Waals surface area contributed by atoms with Crippen LogP contribution in [0.5, 0.6) is 0 Å². The summed E-state index contributed by atoms with van der Waals surface area (Å²) in [7, 11) is 2.11. The molecule has 0 spiro atoms. The maximum atomic E-state index is 10.1. The van der Waals surface area contributed by atoms with Gasteiger partial charge in [-0.15, -0.1) is 62.7 Å². The van der Waals surface area contributed by atoms with Crippen LogP contribution in [0, 0.1) is 58.3 Å². The first-order valence-electron chi connectivity index (χ1n) is 14.8. The lowest BCUT2D eigenvalue weighted by Gasteiger charge is -2.21. The predicted molar refractivity (Wildman–Crippen MR) is 183 cm³/mol. The van der Waals surface area contributed by atoms with E-state index in [0.29, 0.717) is 0 Å². The maximum Gasteiger partial charge on any atom is 0.209 e. The molecule has 3 aliphatic rings. The second kappa shape index (κ2) is 35.5. The second-order valence-electron chi connectivity index (χ2n) is 9.43. The molecule has 3 heterocycles. The highest BCUT2D eigenvalue weighted by Crippen LogP contribution is 2.28. The second-order valence-corrected chi connectivity index (χ2v) is 10.7. The number of amides is 1. The number of hydrogen-bond donors (Lipinski definition) is 2. The number of rotatable bonds is 4. The van der Waals surface area contributed by atoms with Crippen LogP contribution in [0.2, 0.25) is 0 Å². The Morgan fingerprint density at radius 2 is 1.26 bits per heavy atom. The molecule has 1 atom stereocenters. The largest absolute Gasteiger partial charge is 0.346 e. The number of quaternary nitrogens is 2. The van der Waals surface area contributed by atoms with Crippen molar-refractivity contribution < 1.29 is 15.4 Å². The Labute approximate surface area is 262 Å². The van der Waals surface area contributed by atoms with Crippen LogP contribution in [-0.2, 0) is 11.3 Å². The highest BCUT2D eigenvalue weighted by molar-refractivity contribution is 7.11. The van der Waals surface area contributed by atoms with Crippen molar-refractivity contribution in [1.29, 1.82) is 0 Å². The van der Waals surface area contributed by atoms with Gasteiger partial charge in [-0.1, -0.05) is 74.9 Å². The van der Waals surface area contributed by atoms with Gasteiger partial charge in [0.05, 0.1) is 25.1 Å². The molecule has 0 bridgehead atoms. The average Bonchev–Trinajstić information content (AvgIpc) is 3.78. The third-order valence-electron chi connectivity index (χ3n) is 6.48. The molecule has 0 unspecified atom stereocenters. The van der Waals surface area contributed by atoms with Crippen LogP contribution in [-0.4, -0.2) is 49.5 Å². The number of aryl methyl sites for hydroxylation is 1. The van der Waals surface area contributed by atoms with Crippen LogP contribution in [0.3, 0.4) is 0 Å². The predicted octanol–water partition coefficient (Wildman–Crippen LogP) is 4.85. The van der Waals surface area contributed by atoms with E-state index in [1.54, 1.807) is 4.88 Å². The molecule has 2 aliphatic heterocycles. The van der Waals surface area contributed by atoms with Gasteiger partial charge in [-0.05, 0) is 26.2 Å². The number of carbonyl (C=O) groups is 1. The van der Waals surface area contributed by atoms with E-state index in [4.69, 9.17) is 0 Å². The highest BCUT2D eigenvalue weighted by atomic mass is 32.1. The topological polar surface area (TPSA) is 66.4 Å². The SMILES string of the molecule is C#C.C#C.C#C.C#C.C1CCCCC1.C[NH2+]Cc1nc(C)sc1[C@H]1CC[NH2+]C1.O=CN1CCCCC1.c1ccccc1. The summed E-state index contributed by atoms with van der Waals surface area (Å²) >= 11 is 1.90. The van der Waals surface area contributed by atoms with E-state index < -0.39 is 0 Å². The van der Waals surface area contributed by atoms with Crippen molar-refractivity contribution in [3.63, 3.8) is 0 Å². The Morgan fingerprint density at radius 3 is 1.60 bits per heavy atom. The Hall–Kier alpha value is -3.52. The molecular formula is C36H56N4OS+2. The van der Waals surface area contributed by atoms with Gasteiger partial charge in [-0.2, -0.15) is 0 Å². The van der Waals surface area contributed by atoms with Crippen molar-refractivity contribution in [1.82, 2.24) is 9.88 Å². The third-order valence-corrected chi connectivity index (χ3v) is 7.66. The molecule has 1 amide bonds. The Bertz CT molecular complexity index is 838. The number of hydrogen-bond acceptors (Lipinski definition) is 3. The Kier molecular flexibility index (Phi) is 36.3. The molecule has 42 heavy (non-hydrogen) atoms. The van der Waals surface area contributed by atoms with E-state index >= 15 is 0 Å². The molecular weight excluding hydrogens is 536 g/mol. The fourth-order valence-corrected chi connectivity index (χ4v) is 5.71. The van der Waals surface area contributed by atoms with Gasteiger partial charge in [-0.3, -0.25) is 4.79 Å². The zero-order chi connectivity index (χ0) is 32.3.